The Morgan fingerprint density at radius 1 is 1.27 bits per heavy atom. The van der Waals surface area contributed by atoms with Crippen molar-refractivity contribution in [3.8, 4) is 0 Å². The molecule has 0 amide bonds. The highest BCUT2D eigenvalue weighted by molar-refractivity contribution is 14.1. The summed E-state index contributed by atoms with van der Waals surface area (Å²) in [6.45, 7) is 4.27. The van der Waals surface area contributed by atoms with Crippen LogP contribution in [0.15, 0.2) is 12.1 Å². The van der Waals surface area contributed by atoms with Crippen LogP contribution in [-0.4, -0.2) is 0 Å². The van der Waals surface area contributed by atoms with E-state index in [-0.39, 0.29) is 0 Å². The molecule has 0 aliphatic carbocycles. The molecular formula is C9H11IS. The number of hydrogen-bond donors (Lipinski definition) is 1. The van der Waals surface area contributed by atoms with Crippen LogP contribution in [0.25, 0.3) is 0 Å². The molecule has 0 saturated heterocycles. The molecule has 0 heterocycles. The Balaban J connectivity index is 3.21. The maximum atomic E-state index is 4.26. The molecule has 0 atom stereocenters. The summed E-state index contributed by atoms with van der Waals surface area (Å²) in [6, 6.07) is 4.42. The van der Waals surface area contributed by atoms with Crippen molar-refractivity contribution in [1.82, 2.24) is 0 Å². The summed E-state index contributed by atoms with van der Waals surface area (Å²) in [6.07, 6.45) is 0. The lowest BCUT2D eigenvalue weighted by Crippen LogP contribution is -1.89. The highest BCUT2D eigenvalue weighted by Gasteiger charge is 1.99. The lowest BCUT2D eigenvalue weighted by molar-refractivity contribution is 1.26. The third-order valence-electron chi connectivity index (χ3n) is 1.79. The van der Waals surface area contributed by atoms with Gasteiger partial charge >= 0.3 is 0 Å². The molecule has 0 N–H and O–H groups in total. The molecule has 1 rings (SSSR count). The first kappa shape index (κ1) is 9.39. The van der Waals surface area contributed by atoms with Gasteiger partial charge in [0, 0.05) is 9.32 Å². The van der Waals surface area contributed by atoms with Crippen LogP contribution >= 0.6 is 35.2 Å². The number of aryl methyl sites for hydroxylation is 2. The van der Waals surface area contributed by atoms with E-state index >= 15 is 0 Å². The van der Waals surface area contributed by atoms with Crippen molar-refractivity contribution >= 4 is 35.2 Å². The summed E-state index contributed by atoms with van der Waals surface area (Å²) >= 11 is 6.62. The van der Waals surface area contributed by atoms with Crippen molar-refractivity contribution in [2.24, 2.45) is 0 Å². The van der Waals surface area contributed by atoms with E-state index in [0.717, 1.165) is 5.75 Å². The maximum absolute atomic E-state index is 4.26. The standard InChI is InChI=1S/C9H11IS/c1-6-4-9(10)7(2)3-8(6)5-11/h3-4,11H,5H2,1-2H3. The van der Waals surface area contributed by atoms with Gasteiger partial charge in [0.1, 0.15) is 0 Å². The van der Waals surface area contributed by atoms with Crippen molar-refractivity contribution in [2.75, 3.05) is 0 Å². The Morgan fingerprint density at radius 2 is 1.91 bits per heavy atom. The van der Waals surface area contributed by atoms with Gasteiger partial charge in [0.05, 0.1) is 0 Å². The molecule has 0 aliphatic rings. The Kier molecular flexibility index (Phi) is 3.25. The Hall–Kier alpha value is 0.300. The van der Waals surface area contributed by atoms with Crippen molar-refractivity contribution in [3.05, 3.63) is 32.4 Å². The average Bonchev–Trinajstić information content (AvgIpc) is 1.97. The van der Waals surface area contributed by atoms with Gasteiger partial charge in [-0.2, -0.15) is 12.6 Å². The zero-order valence-corrected chi connectivity index (χ0v) is 9.74. The molecule has 11 heavy (non-hydrogen) atoms. The monoisotopic (exact) mass is 278 g/mol. The molecule has 1 aromatic carbocycles. The molecule has 1 aromatic rings. The van der Waals surface area contributed by atoms with E-state index in [1.54, 1.807) is 0 Å². The smallest absolute Gasteiger partial charge is 0.0162 e. The van der Waals surface area contributed by atoms with E-state index in [4.69, 9.17) is 0 Å². The van der Waals surface area contributed by atoms with Gasteiger partial charge in [-0.25, -0.2) is 0 Å². The first-order valence-electron chi connectivity index (χ1n) is 3.51. The highest BCUT2D eigenvalue weighted by Crippen LogP contribution is 2.18. The van der Waals surface area contributed by atoms with Crippen molar-refractivity contribution in [1.29, 1.82) is 0 Å². The number of benzene rings is 1. The summed E-state index contributed by atoms with van der Waals surface area (Å²) in [4.78, 5) is 0. The fourth-order valence-electron chi connectivity index (χ4n) is 1.01. The van der Waals surface area contributed by atoms with Crippen LogP contribution in [0.3, 0.4) is 0 Å². The van der Waals surface area contributed by atoms with E-state index in [2.05, 4.69) is 61.2 Å². The normalized spacial score (nSPS) is 10.2. The quantitative estimate of drug-likeness (QED) is 0.591. The number of thiol groups is 1. The molecule has 0 unspecified atom stereocenters. The van der Waals surface area contributed by atoms with E-state index in [0.29, 0.717) is 0 Å². The third kappa shape index (κ3) is 2.12. The van der Waals surface area contributed by atoms with Crippen LogP contribution in [0.4, 0.5) is 0 Å². The van der Waals surface area contributed by atoms with Crippen molar-refractivity contribution in [2.45, 2.75) is 19.6 Å². The Bertz CT molecular complexity index is 269. The van der Waals surface area contributed by atoms with Gasteiger partial charge in [-0.15, -0.1) is 0 Å². The van der Waals surface area contributed by atoms with Crippen LogP contribution in [0, 0.1) is 17.4 Å². The Morgan fingerprint density at radius 3 is 2.45 bits per heavy atom. The lowest BCUT2D eigenvalue weighted by atomic mass is 10.1. The van der Waals surface area contributed by atoms with Gasteiger partial charge in [0.15, 0.2) is 0 Å². The number of rotatable bonds is 1. The van der Waals surface area contributed by atoms with E-state index in [9.17, 15) is 0 Å². The molecule has 0 bridgehead atoms. The topological polar surface area (TPSA) is 0 Å². The van der Waals surface area contributed by atoms with Gasteiger partial charge in [0.2, 0.25) is 0 Å². The van der Waals surface area contributed by atoms with Crippen molar-refractivity contribution in [3.63, 3.8) is 0 Å². The van der Waals surface area contributed by atoms with Gasteiger partial charge in [-0.05, 0) is 59.2 Å². The van der Waals surface area contributed by atoms with Crippen molar-refractivity contribution < 1.29 is 0 Å². The zero-order valence-electron chi connectivity index (χ0n) is 6.69. The van der Waals surface area contributed by atoms with Gasteiger partial charge in [-0.3, -0.25) is 0 Å². The van der Waals surface area contributed by atoms with E-state index in [1.807, 2.05) is 0 Å². The second-order valence-corrected chi connectivity index (χ2v) is 4.16. The molecule has 0 radical (unpaired) electrons. The van der Waals surface area contributed by atoms with Gasteiger partial charge < -0.3 is 0 Å². The van der Waals surface area contributed by atoms with Crippen LogP contribution in [0.1, 0.15) is 16.7 Å². The molecule has 2 heteroatoms. The molecule has 0 aromatic heterocycles. The number of hydrogen-bond acceptors (Lipinski definition) is 1. The molecular weight excluding hydrogens is 267 g/mol. The summed E-state index contributed by atoms with van der Waals surface area (Å²) in [5, 5.41) is 0. The van der Waals surface area contributed by atoms with Crippen LogP contribution < -0.4 is 0 Å². The number of halogens is 1. The zero-order chi connectivity index (χ0) is 8.43. The predicted molar refractivity (Wildman–Crippen MR) is 61.3 cm³/mol. The SMILES string of the molecule is Cc1cc(CS)c(C)cc1I. The molecule has 60 valence electrons. The first-order chi connectivity index (χ1) is 5.15. The van der Waals surface area contributed by atoms with Gasteiger partial charge in [0.25, 0.3) is 0 Å². The second-order valence-electron chi connectivity index (χ2n) is 2.69. The first-order valence-corrected chi connectivity index (χ1v) is 5.22. The van der Waals surface area contributed by atoms with E-state index < -0.39 is 0 Å². The molecule has 0 spiro atoms. The van der Waals surface area contributed by atoms with E-state index in [1.165, 1.54) is 20.3 Å². The minimum Gasteiger partial charge on any atom is -0.175 e. The minimum absolute atomic E-state index is 0.837. The fourth-order valence-corrected chi connectivity index (χ4v) is 1.97. The summed E-state index contributed by atoms with van der Waals surface area (Å²) in [5.74, 6) is 0.837. The molecule has 0 saturated carbocycles. The molecule has 0 aliphatic heterocycles. The second kappa shape index (κ2) is 3.81. The average molecular weight is 278 g/mol. The lowest BCUT2D eigenvalue weighted by Gasteiger charge is -2.05. The highest BCUT2D eigenvalue weighted by atomic mass is 127. The fraction of sp³-hybridized carbons (Fsp3) is 0.333. The minimum atomic E-state index is 0.837. The van der Waals surface area contributed by atoms with Gasteiger partial charge in [-0.1, -0.05) is 6.07 Å². The summed E-state index contributed by atoms with van der Waals surface area (Å²) in [5.41, 5.74) is 4.03. The predicted octanol–water partition coefficient (Wildman–Crippen LogP) is 3.34. The van der Waals surface area contributed by atoms with Crippen LogP contribution in [0.5, 0.6) is 0 Å². The molecule has 0 fully saturated rings. The van der Waals surface area contributed by atoms with Crippen LogP contribution in [-0.2, 0) is 5.75 Å². The summed E-state index contributed by atoms with van der Waals surface area (Å²) < 4.78 is 1.34. The maximum Gasteiger partial charge on any atom is 0.0162 e. The third-order valence-corrected chi connectivity index (χ3v) is 3.29. The Labute approximate surface area is 86.9 Å². The molecule has 0 nitrogen and oxygen atoms in total. The summed E-state index contributed by atoms with van der Waals surface area (Å²) in [7, 11) is 0. The largest absolute Gasteiger partial charge is 0.175 e. The van der Waals surface area contributed by atoms with Crippen LogP contribution in [0.2, 0.25) is 0 Å².